The highest BCUT2D eigenvalue weighted by Crippen LogP contribution is 2.49. The first-order valence-corrected chi connectivity index (χ1v) is 22.0. The smallest absolute Gasteiger partial charge is 0.0541 e. The number of rotatable bonds is 5. The van der Waals surface area contributed by atoms with Gasteiger partial charge >= 0.3 is 0 Å². The van der Waals surface area contributed by atoms with Crippen molar-refractivity contribution in [3.05, 3.63) is 228 Å². The number of para-hydroxylation sites is 4. The zero-order valence-corrected chi connectivity index (χ0v) is 34.4. The van der Waals surface area contributed by atoms with Gasteiger partial charge in [-0.25, -0.2) is 0 Å². The summed E-state index contributed by atoms with van der Waals surface area (Å²) in [6.07, 6.45) is 7.83. The first-order valence-electron chi connectivity index (χ1n) is 21.1. The molecule has 288 valence electrons. The van der Waals surface area contributed by atoms with Crippen LogP contribution in [0, 0.1) is 0 Å². The highest BCUT2D eigenvalue weighted by molar-refractivity contribution is 8.03. The number of allylic oxidation sites excluding steroid dienone is 4. The standard InChI is InChI=1S/C57H44N2S/c1-39-48-21-9-10-22-49(48)50-35-31-41(40-28-32-46(33-29-40)59-55-25-13-11-23-51(55)52-24-12-14-26-56(52)59)37-54(50)53-38-47(34-30-42(53)36-43-16-8-15-27-57(43)60-39)58(44-17-4-2-5-18-44)45-19-6-3-7-20-45/h2-14,16-26,28-35,37-39H,15,27,36H2,1H3. The molecule has 0 fully saturated rings. The molecule has 0 spiro atoms. The molecular weight excluding hydrogens is 745 g/mol. The van der Waals surface area contributed by atoms with Crippen LogP contribution in [0.5, 0.6) is 0 Å². The molecule has 1 unspecified atom stereocenters. The van der Waals surface area contributed by atoms with Gasteiger partial charge in [-0.1, -0.05) is 140 Å². The van der Waals surface area contributed by atoms with Gasteiger partial charge in [0.25, 0.3) is 0 Å². The molecule has 11 rings (SSSR count). The summed E-state index contributed by atoms with van der Waals surface area (Å²) in [6.45, 7) is 2.39. The molecular formula is C57H44N2S. The summed E-state index contributed by atoms with van der Waals surface area (Å²) in [6, 6.07) is 71.6. The minimum atomic E-state index is 0.307. The number of fused-ring (bicyclic) bond motifs is 8. The van der Waals surface area contributed by atoms with Crippen LogP contribution in [0.2, 0.25) is 0 Å². The Bertz CT molecular complexity index is 3010. The van der Waals surface area contributed by atoms with E-state index >= 15 is 0 Å². The maximum absolute atomic E-state index is 2.46. The number of hydrogen-bond acceptors (Lipinski definition) is 2. The van der Waals surface area contributed by atoms with Crippen molar-refractivity contribution in [3.63, 3.8) is 0 Å². The van der Waals surface area contributed by atoms with Crippen LogP contribution in [0.15, 0.2) is 217 Å². The van der Waals surface area contributed by atoms with Gasteiger partial charge in [-0.05, 0) is 148 Å². The van der Waals surface area contributed by atoms with E-state index in [4.69, 9.17) is 0 Å². The lowest BCUT2D eigenvalue weighted by molar-refractivity contribution is 0.972. The Morgan fingerprint density at radius 3 is 1.87 bits per heavy atom. The van der Waals surface area contributed by atoms with Gasteiger partial charge in [0, 0.05) is 38.8 Å². The number of nitrogens with zero attached hydrogens (tertiary/aromatic N) is 2. The predicted molar refractivity (Wildman–Crippen MR) is 257 cm³/mol. The quantitative estimate of drug-likeness (QED) is 0.172. The van der Waals surface area contributed by atoms with Crippen molar-refractivity contribution in [2.45, 2.75) is 31.4 Å². The molecule has 8 aromatic carbocycles. The van der Waals surface area contributed by atoms with Gasteiger partial charge in [0.1, 0.15) is 0 Å². The first-order chi connectivity index (χ1) is 29.7. The molecule has 3 heteroatoms. The minimum absolute atomic E-state index is 0.307. The largest absolute Gasteiger partial charge is 0.310 e. The number of hydrogen-bond donors (Lipinski definition) is 0. The summed E-state index contributed by atoms with van der Waals surface area (Å²) in [5, 5.41) is 2.86. The van der Waals surface area contributed by atoms with Crippen LogP contribution in [0.1, 0.15) is 36.1 Å². The van der Waals surface area contributed by atoms with E-state index in [2.05, 4.69) is 234 Å². The fourth-order valence-electron chi connectivity index (χ4n) is 9.46. The predicted octanol–water partition coefficient (Wildman–Crippen LogP) is 16.2. The molecule has 0 saturated heterocycles. The van der Waals surface area contributed by atoms with E-state index in [0.717, 1.165) is 42.0 Å². The van der Waals surface area contributed by atoms with E-state index in [-0.39, 0.29) is 0 Å². The summed E-state index contributed by atoms with van der Waals surface area (Å²) in [5.41, 5.74) is 18.7. The van der Waals surface area contributed by atoms with Crippen LogP contribution in [-0.2, 0) is 6.42 Å². The van der Waals surface area contributed by atoms with Crippen molar-refractivity contribution in [2.24, 2.45) is 0 Å². The van der Waals surface area contributed by atoms with Gasteiger partial charge in [0.05, 0.1) is 11.0 Å². The summed E-state index contributed by atoms with van der Waals surface area (Å²) >= 11 is 2.05. The van der Waals surface area contributed by atoms with Gasteiger partial charge in [-0.3, -0.25) is 0 Å². The van der Waals surface area contributed by atoms with Gasteiger partial charge in [-0.15, -0.1) is 11.8 Å². The van der Waals surface area contributed by atoms with Crippen molar-refractivity contribution in [1.29, 1.82) is 0 Å². The molecule has 0 N–H and O–H groups in total. The molecule has 9 aromatic rings. The Hall–Kier alpha value is -6.81. The normalized spacial score (nSPS) is 14.8. The van der Waals surface area contributed by atoms with Crippen molar-refractivity contribution < 1.29 is 0 Å². The average molecular weight is 789 g/mol. The average Bonchev–Trinajstić information content (AvgIpc) is 3.64. The van der Waals surface area contributed by atoms with Crippen molar-refractivity contribution in [3.8, 4) is 39.1 Å². The Morgan fingerprint density at radius 2 is 1.15 bits per heavy atom. The topological polar surface area (TPSA) is 8.17 Å². The van der Waals surface area contributed by atoms with E-state index in [1.165, 1.54) is 76.8 Å². The fourth-order valence-corrected chi connectivity index (χ4v) is 10.7. The molecule has 1 aromatic heterocycles. The lowest BCUT2D eigenvalue weighted by Gasteiger charge is -2.27. The maximum Gasteiger partial charge on any atom is 0.0541 e. The highest BCUT2D eigenvalue weighted by Gasteiger charge is 2.24. The molecule has 2 aliphatic rings. The summed E-state index contributed by atoms with van der Waals surface area (Å²) in [4.78, 5) is 3.90. The zero-order valence-electron chi connectivity index (χ0n) is 33.6. The van der Waals surface area contributed by atoms with Gasteiger partial charge in [-0.2, -0.15) is 0 Å². The monoisotopic (exact) mass is 788 g/mol. The Kier molecular flexibility index (Phi) is 9.32. The van der Waals surface area contributed by atoms with Crippen LogP contribution < -0.4 is 4.90 Å². The first kappa shape index (κ1) is 36.3. The van der Waals surface area contributed by atoms with Crippen LogP contribution in [0.3, 0.4) is 0 Å². The van der Waals surface area contributed by atoms with Crippen LogP contribution in [0.25, 0.3) is 60.9 Å². The molecule has 1 aliphatic carbocycles. The van der Waals surface area contributed by atoms with E-state index in [9.17, 15) is 0 Å². The number of anilines is 3. The molecule has 2 nitrogen and oxygen atoms in total. The van der Waals surface area contributed by atoms with Gasteiger partial charge in [0.15, 0.2) is 0 Å². The molecule has 0 saturated carbocycles. The second-order valence-corrected chi connectivity index (χ2v) is 17.4. The van der Waals surface area contributed by atoms with Crippen molar-refractivity contribution >= 4 is 50.6 Å². The highest BCUT2D eigenvalue weighted by atomic mass is 32.2. The van der Waals surface area contributed by atoms with E-state index in [1.54, 1.807) is 0 Å². The molecule has 1 aliphatic heterocycles. The molecule has 0 radical (unpaired) electrons. The molecule has 0 bridgehead atoms. The summed E-state index contributed by atoms with van der Waals surface area (Å²) < 4.78 is 2.40. The van der Waals surface area contributed by atoms with E-state index in [0.29, 0.717) is 5.25 Å². The lowest BCUT2D eigenvalue weighted by atomic mass is 9.85. The van der Waals surface area contributed by atoms with E-state index < -0.39 is 0 Å². The van der Waals surface area contributed by atoms with Crippen LogP contribution >= 0.6 is 11.8 Å². The van der Waals surface area contributed by atoms with Gasteiger partial charge in [0.2, 0.25) is 0 Å². The van der Waals surface area contributed by atoms with E-state index in [1.807, 2.05) is 0 Å². The van der Waals surface area contributed by atoms with Crippen molar-refractivity contribution in [2.75, 3.05) is 4.90 Å². The molecule has 0 amide bonds. The molecule has 2 heterocycles. The fraction of sp³-hybridized carbons (Fsp3) is 0.0877. The minimum Gasteiger partial charge on any atom is -0.310 e. The zero-order chi connectivity index (χ0) is 40.0. The Morgan fingerprint density at radius 1 is 0.517 bits per heavy atom. The third-order valence-electron chi connectivity index (χ3n) is 12.3. The summed E-state index contributed by atoms with van der Waals surface area (Å²) in [7, 11) is 0. The molecule has 1 atom stereocenters. The Balaban J connectivity index is 1.12. The van der Waals surface area contributed by atoms with Crippen molar-refractivity contribution in [1.82, 2.24) is 4.57 Å². The number of benzene rings is 8. The second kappa shape index (κ2) is 15.4. The number of thioether (sulfide) groups is 1. The van der Waals surface area contributed by atoms with Crippen LogP contribution in [0.4, 0.5) is 17.1 Å². The van der Waals surface area contributed by atoms with Crippen LogP contribution in [-0.4, -0.2) is 4.57 Å². The Labute approximate surface area is 356 Å². The third-order valence-corrected chi connectivity index (χ3v) is 13.7. The lowest BCUT2D eigenvalue weighted by Crippen LogP contribution is -2.10. The number of aromatic nitrogens is 1. The molecule has 60 heavy (non-hydrogen) atoms. The summed E-state index contributed by atoms with van der Waals surface area (Å²) in [5.74, 6) is 0. The van der Waals surface area contributed by atoms with Gasteiger partial charge < -0.3 is 9.47 Å². The third kappa shape index (κ3) is 6.47. The SMILES string of the molecule is CC1SC2=C(C=CCC2)Cc2ccc(N(c3ccccc3)c3ccccc3)cc2-c2cc(-c3ccc(-n4c5ccccc5c5ccccc54)cc3)ccc2-c2ccccc21. The second-order valence-electron chi connectivity index (χ2n) is 15.9. The maximum atomic E-state index is 2.46.